The fourth-order valence-corrected chi connectivity index (χ4v) is 2.86. The van der Waals surface area contributed by atoms with Gasteiger partial charge in [-0.2, -0.15) is 0 Å². The molecule has 1 atom stereocenters. The van der Waals surface area contributed by atoms with Gasteiger partial charge < -0.3 is 14.5 Å². The van der Waals surface area contributed by atoms with Crippen molar-refractivity contribution in [2.75, 3.05) is 32.8 Å². The Morgan fingerprint density at radius 2 is 2.09 bits per heavy atom. The zero-order valence-electron chi connectivity index (χ0n) is 13.3. The van der Waals surface area contributed by atoms with Gasteiger partial charge >= 0.3 is 0 Å². The normalized spacial score (nSPS) is 16.9. The van der Waals surface area contributed by atoms with Crippen molar-refractivity contribution in [3.05, 3.63) is 59.5 Å². The van der Waals surface area contributed by atoms with Crippen LogP contribution in [0.2, 0.25) is 0 Å². The quantitative estimate of drug-likeness (QED) is 0.921. The maximum absolute atomic E-state index is 12.4. The van der Waals surface area contributed by atoms with Gasteiger partial charge in [0.15, 0.2) is 0 Å². The number of furan rings is 1. The van der Waals surface area contributed by atoms with Crippen LogP contribution in [0.5, 0.6) is 0 Å². The Kier molecular flexibility index (Phi) is 5.10. The Bertz CT molecular complexity index is 633. The van der Waals surface area contributed by atoms with Crippen LogP contribution in [-0.2, 0) is 4.74 Å². The van der Waals surface area contributed by atoms with Gasteiger partial charge in [-0.15, -0.1) is 0 Å². The molecule has 0 spiro atoms. The van der Waals surface area contributed by atoms with Crippen molar-refractivity contribution in [2.24, 2.45) is 0 Å². The van der Waals surface area contributed by atoms with Gasteiger partial charge in [-0.05, 0) is 31.2 Å². The molecule has 0 aliphatic carbocycles. The zero-order chi connectivity index (χ0) is 16.1. The molecule has 1 unspecified atom stereocenters. The molecule has 5 heteroatoms. The van der Waals surface area contributed by atoms with Crippen molar-refractivity contribution < 1.29 is 13.9 Å². The van der Waals surface area contributed by atoms with E-state index in [1.807, 2.05) is 43.3 Å². The van der Waals surface area contributed by atoms with Crippen LogP contribution in [0.4, 0.5) is 0 Å². The number of amides is 1. The lowest BCUT2D eigenvalue weighted by molar-refractivity contribution is 0.0118. The van der Waals surface area contributed by atoms with Gasteiger partial charge in [-0.1, -0.05) is 17.7 Å². The van der Waals surface area contributed by atoms with E-state index in [4.69, 9.17) is 9.15 Å². The van der Waals surface area contributed by atoms with Gasteiger partial charge in [0.1, 0.15) is 5.76 Å². The predicted molar refractivity (Wildman–Crippen MR) is 87.4 cm³/mol. The van der Waals surface area contributed by atoms with Crippen molar-refractivity contribution in [2.45, 2.75) is 13.0 Å². The molecule has 1 aliphatic heterocycles. The second-order valence-corrected chi connectivity index (χ2v) is 5.76. The monoisotopic (exact) mass is 314 g/mol. The van der Waals surface area contributed by atoms with E-state index in [-0.39, 0.29) is 11.9 Å². The lowest BCUT2D eigenvalue weighted by atomic mass is 10.1. The highest BCUT2D eigenvalue weighted by molar-refractivity contribution is 5.94. The molecule has 2 heterocycles. The summed E-state index contributed by atoms with van der Waals surface area (Å²) in [4.78, 5) is 14.7. The number of nitrogens with zero attached hydrogens (tertiary/aromatic N) is 1. The van der Waals surface area contributed by atoms with E-state index in [0.717, 1.165) is 24.4 Å². The van der Waals surface area contributed by atoms with Crippen LogP contribution >= 0.6 is 0 Å². The average molecular weight is 314 g/mol. The maximum Gasteiger partial charge on any atom is 0.251 e. The van der Waals surface area contributed by atoms with Gasteiger partial charge in [-0.25, -0.2) is 0 Å². The van der Waals surface area contributed by atoms with Crippen molar-refractivity contribution in [3.8, 4) is 0 Å². The first-order valence-corrected chi connectivity index (χ1v) is 7.94. The van der Waals surface area contributed by atoms with Crippen LogP contribution in [-0.4, -0.2) is 43.7 Å². The SMILES string of the molecule is Cc1cccc(C(=O)NCC(c2ccco2)N2CCOCC2)c1. The van der Waals surface area contributed by atoms with E-state index in [9.17, 15) is 4.79 Å². The van der Waals surface area contributed by atoms with Gasteiger partial charge in [-0.3, -0.25) is 9.69 Å². The Hall–Kier alpha value is -2.11. The third-order valence-corrected chi connectivity index (χ3v) is 4.09. The molecule has 1 saturated heterocycles. The van der Waals surface area contributed by atoms with Crippen LogP contribution in [0.15, 0.2) is 47.1 Å². The molecule has 1 fully saturated rings. The maximum atomic E-state index is 12.4. The number of carbonyl (C=O) groups excluding carboxylic acids is 1. The van der Waals surface area contributed by atoms with Crippen molar-refractivity contribution in [3.63, 3.8) is 0 Å². The van der Waals surface area contributed by atoms with Crippen molar-refractivity contribution >= 4 is 5.91 Å². The van der Waals surface area contributed by atoms with Gasteiger partial charge in [0.25, 0.3) is 5.91 Å². The number of aryl methyl sites for hydroxylation is 1. The van der Waals surface area contributed by atoms with Gasteiger partial charge in [0, 0.05) is 25.2 Å². The lowest BCUT2D eigenvalue weighted by Crippen LogP contribution is -2.43. The van der Waals surface area contributed by atoms with Crippen molar-refractivity contribution in [1.82, 2.24) is 10.2 Å². The molecular weight excluding hydrogens is 292 g/mol. The van der Waals surface area contributed by atoms with Crippen molar-refractivity contribution in [1.29, 1.82) is 0 Å². The van der Waals surface area contributed by atoms with E-state index in [1.54, 1.807) is 6.26 Å². The lowest BCUT2D eigenvalue weighted by Gasteiger charge is -2.33. The summed E-state index contributed by atoms with van der Waals surface area (Å²) >= 11 is 0. The highest BCUT2D eigenvalue weighted by Crippen LogP contribution is 2.21. The Labute approximate surface area is 136 Å². The largest absolute Gasteiger partial charge is 0.468 e. The molecular formula is C18H22N2O3. The Morgan fingerprint density at radius 3 is 2.78 bits per heavy atom. The summed E-state index contributed by atoms with van der Waals surface area (Å²) in [6.45, 7) is 5.60. The first kappa shape index (κ1) is 15.8. The molecule has 0 radical (unpaired) electrons. The number of rotatable bonds is 5. The Morgan fingerprint density at radius 1 is 1.26 bits per heavy atom. The van der Waals surface area contributed by atoms with Gasteiger partial charge in [0.2, 0.25) is 0 Å². The highest BCUT2D eigenvalue weighted by atomic mass is 16.5. The summed E-state index contributed by atoms with van der Waals surface area (Å²) in [5.74, 6) is 0.815. The van der Waals surface area contributed by atoms with Crippen LogP contribution in [0.25, 0.3) is 0 Å². The topological polar surface area (TPSA) is 54.7 Å². The van der Waals surface area contributed by atoms with E-state index < -0.39 is 0 Å². The van der Waals surface area contributed by atoms with Crippen LogP contribution in [0.3, 0.4) is 0 Å². The highest BCUT2D eigenvalue weighted by Gasteiger charge is 2.25. The van der Waals surface area contributed by atoms with E-state index in [1.165, 1.54) is 0 Å². The fraction of sp³-hybridized carbons (Fsp3) is 0.389. The molecule has 122 valence electrons. The summed E-state index contributed by atoms with van der Waals surface area (Å²) in [6, 6.07) is 11.5. The molecule has 0 saturated carbocycles. The van der Waals surface area contributed by atoms with E-state index >= 15 is 0 Å². The molecule has 2 aromatic rings. The molecule has 1 aliphatic rings. The number of carbonyl (C=O) groups is 1. The van der Waals surface area contributed by atoms with Crippen LogP contribution in [0, 0.1) is 6.92 Å². The molecule has 1 amide bonds. The first-order valence-electron chi connectivity index (χ1n) is 7.94. The summed E-state index contributed by atoms with van der Waals surface area (Å²) in [5.41, 5.74) is 1.76. The summed E-state index contributed by atoms with van der Waals surface area (Å²) in [6.07, 6.45) is 1.67. The van der Waals surface area contributed by atoms with Crippen LogP contribution in [0.1, 0.15) is 27.7 Å². The molecule has 1 aromatic heterocycles. The smallest absolute Gasteiger partial charge is 0.251 e. The number of morpholine rings is 1. The Balaban J connectivity index is 1.67. The van der Waals surface area contributed by atoms with E-state index in [2.05, 4.69) is 10.2 Å². The number of nitrogens with one attached hydrogen (secondary N) is 1. The average Bonchev–Trinajstić information content (AvgIpc) is 3.10. The number of benzene rings is 1. The van der Waals surface area contributed by atoms with Crippen LogP contribution < -0.4 is 5.32 Å². The second kappa shape index (κ2) is 7.44. The standard InChI is InChI=1S/C18H22N2O3/c1-14-4-2-5-15(12-14)18(21)19-13-16(17-6-3-9-23-17)20-7-10-22-11-8-20/h2-6,9,12,16H,7-8,10-11,13H2,1H3,(H,19,21). The second-order valence-electron chi connectivity index (χ2n) is 5.76. The minimum absolute atomic E-state index is 0.0302. The van der Waals surface area contributed by atoms with E-state index in [0.29, 0.717) is 25.3 Å². The number of hydrogen-bond donors (Lipinski definition) is 1. The molecule has 23 heavy (non-hydrogen) atoms. The predicted octanol–water partition coefficient (Wildman–Crippen LogP) is 2.39. The summed E-state index contributed by atoms with van der Waals surface area (Å²) < 4.78 is 11.0. The number of ether oxygens (including phenoxy) is 1. The molecule has 1 aromatic carbocycles. The minimum Gasteiger partial charge on any atom is -0.468 e. The van der Waals surface area contributed by atoms with Gasteiger partial charge in [0.05, 0.1) is 25.5 Å². The molecule has 0 bridgehead atoms. The zero-order valence-corrected chi connectivity index (χ0v) is 13.3. The fourth-order valence-electron chi connectivity index (χ4n) is 2.86. The summed E-state index contributed by atoms with van der Waals surface area (Å²) in [7, 11) is 0. The summed E-state index contributed by atoms with van der Waals surface area (Å²) in [5, 5.41) is 3.03. The first-order chi connectivity index (χ1) is 11.2. The minimum atomic E-state index is -0.0569. The molecule has 5 nitrogen and oxygen atoms in total. The number of hydrogen-bond acceptors (Lipinski definition) is 4. The molecule has 1 N–H and O–H groups in total. The third kappa shape index (κ3) is 4.00. The molecule has 3 rings (SSSR count). The third-order valence-electron chi connectivity index (χ3n) is 4.09.